The first kappa shape index (κ1) is 16.6. The highest BCUT2D eigenvalue weighted by Gasteiger charge is 2.14. The Labute approximate surface area is 115 Å². The molecule has 0 amide bonds. The largest absolute Gasteiger partial charge is 0.497 e. The van der Waals surface area contributed by atoms with Crippen molar-refractivity contribution in [2.75, 3.05) is 14.2 Å². The molecular formula is C13H22ClNOS. The van der Waals surface area contributed by atoms with Gasteiger partial charge in [-0.25, -0.2) is 4.31 Å². The van der Waals surface area contributed by atoms with Gasteiger partial charge in [-0.3, -0.25) is 0 Å². The van der Waals surface area contributed by atoms with Gasteiger partial charge in [0.05, 0.1) is 7.11 Å². The third kappa shape index (κ3) is 6.81. The molecule has 0 saturated carbocycles. The first-order valence-electron chi connectivity index (χ1n) is 5.44. The van der Waals surface area contributed by atoms with Gasteiger partial charge in [0.1, 0.15) is 5.75 Å². The zero-order valence-corrected chi connectivity index (χ0v) is 12.8. The number of rotatable bonds is 4. The van der Waals surface area contributed by atoms with Crippen LogP contribution >= 0.6 is 24.4 Å². The van der Waals surface area contributed by atoms with Gasteiger partial charge in [-0.1, -0.05) is 24.1 Å². The first-order chi connectivity index (χ1) is 7.40. The maximum absolute atomic E-state index is 5.14. The molecule has 0 aromatic heterocycles. The van der Waals surface area contributed by atoms with Gasteiger partial charge in [0, 0.05) is 11.3 Å². The molecule has 0 radical (unpaired) electrons. The van der Waals surface area contributed by atoms with E-state index in [1.165, 1.54) is 5.56 Å². The van der Waals surface area contributed by atoms with E-state index in [1.54, 1.807) is 7.11 Å². The van der Waals surface area contributed by atoms with Crippen LogP contribution in [0.3, 0.4) is 0 Å². The van der Waals surface area contributed by atoms with Crippen LogP contribution < -0.4 is 4.74 Å². The molecule has 0 atom stereocenters. The van der Waals surface area contributed by atoms with Crippen molar-refractivity contribution in [1.29, 1.82) is 0 Å². The van der Waals surface area contributed by atoms with Crippen LogP contribution in [0.2, 0.25) is 0 Å². The summed E-state index contributed by atoms with van der Waals surface area (Å²) in [5.41, 5.74) is 1.31. The SMILES string of the molecule is COc1ccc(CN(C)SC(C)(C)C)cc1.Cl. The summed E-state index contributed by atoms with van der Waals surface area (Å²) in [7, 11) is 3.82. The average molecular weight is 276 g/mol. The molecule has 1 aromatic rings. The number of halogens is 1. The van der Waals surface area contributed by atoms with Crippen LogP contribution in [-0.4, -0.2) is 23.2 Å². The summed E-state index contributed by atoms with van der Waals surface area (Å²) in [5.74, 6) is 0.912. The topological polar surface area (TPSA) is 12.5 Å². The van der Waals surface area contributed by atoms with Crippen LogP contribution in [0.5, 0.6) is 5.75 Å². The number of hydrogen-bond acceptors (Lipinski definition) is 3. The summed E-state index contributed by atoms with van der Waals surface area (Å²) in [6.45, 7) is 7.62. The molecule has 0 spiro atoms. The van der Waals surface area contributed by atoms with E-state index in [1.807, 2.05) is 24.1 Å². The summed E-state index contributed by atoms with van der Waals surface area (Å²) in [6, 6.07) is 8.23. The van der Waals surface area contributed by atoms with Crippen LogP contribution in [0.4, 0.5) is 0 Å². The van der Waals surface area contributed by atoms with Gasteiger partial charge in [-0.05, 0) is 45.5 Å². The van der Waals surface area contributed by atoms with Crippen LogP contribution in [0.25, 0.3) is 0 Å². The molecule has 2 nitrogen and oxygen atoms in total. The Hall–Kier alpha value is -0.380. The van der Waals surface area contributed by atoms with Crippen LogP contribution in [0.15, 0.2) is 24.3 Å². The fourth-order valence-corrected chi connectivity index (χ4v) is 2.64. The highest BCUT2D eigenvalue weighted by molar-refractivity contribution is 7.98. The Morgan fingerprint density at radius 1 is 1.18 bits per heavy atom. The fraction of sp³-hybridized carbons (Fsp3) is 0.538. The Morgan fingerprint density at radius 3 is 2.12 bits per heavy atom. The summed E-state index contributed by atoms with van der Waals surface area (Å²) >= 11 is 1.86. The predicted molar refractivity (Wildman–Crippen MR) is 79.1 cm³/mol. The fourth-order valence-electron chi connectivity index (χ4n) is 1.49. The van der Waals surface area contributed by atoms with Gasteiger partial charge in [-0.15, -0.1) is 12.4 Å². The summed E-state index contributed by atoms with van der Waals surface area (Å²) < 4.78 is 7.67. The molecule has 1 rings (SSSR count). The third-order valence-electron chi connectivity index (χ3n) is 1.99. The van der Waals surface area contributed by atoms with Gasteiger partial charge in [0.25, 0.3) is 0 Å². The van der Waals surface area contributed by atoms with Crippen molar-refractivity contribution in [3.8, 4) is 5.75 Å². The minimum atomic E-state index is 0. The maximum Gasteiger partial charge on any atom is 0.118 e. The lowest BCUT2D eigenvalue weighted by molar-refractivity contribution is 0.414. The summed E-state index contributed by atoms with van der Waals surface area (Å²) in [4.78, 5) is 0. The van der Waals surface area contributed by atoms with Crippen molar-refractivity contribution in [2.24, 2.45) is 0 Å². The molecule has 98 valence electrons. The number of nitrogens with zero attached hydrogens (tertiary/aromatic N) is 1. The zero-order valence-electron chi connectivity index (χ0n) is 11.2. The lowest BCUT2D eigenvalue weighted by Crippen LogP contribution is -2.19. The highest BCUT2D eigenvalue weighted by atomic mass is 35.5. The second kappa shape index (κ2) is 7.14. The van der Waals surface area contributed by atoms with Crippen molar-refractivity contribution in [1.82, 2.24) is 4.31 Å². The van der Waals surface area contributed by atoms with Crippen molar-refractivity contribution in [3.63, 3.8) is 0 Å². The Balaban J connectivity index is 0.00000256. The third-order valence-corrected chi connectivity index (χ3v) is 2.98. The van der Waals surface area contributed by atoms with Crippen molar-refractivity contribution in [3.05, 3.63) is 29.8 Å². The molecule has 0 aliphatic rings. The molecule has 0 aliphatic carbocycles. The predicted octanol–water partition coefficient (Wildman–Crippen LogP) is 4.00. The van der Waals surface area contributed by atoms with E-state index in [4.69, 9.17) is 4.74 Å². The number of benzene rings is 1. The molecule has 0 fully saturated rings. The summed E-state index contributed by atoms with van der Waals surface area (Å²) in [5, 5.41) is 0. The quantitative estimate of drug-likeness (QED) is 0.771. The van der Waals surface area contributed by atoms with E-state index in [0.29, 0.717) is 0 Å². The molecule has 4 heteroatoms. The van der Waals surface area contributed by atoms with E-state index in [-0.39, 0.29) is 17.2 Å². The van der Waals surface area contributed by atoms with Gasteiger partial charge in [0.15, 0.2) is 0 Å². The van der Waals surface area contributed by atoms with E-state index in [0.717, 1.165) is 12.3 Å². The number of methoxy groups -OCH3 is 1. The van der Waals surface area contributed by atoms with Gasteiger partial charge in [0.2, 0.25) is 0 Å². The van der Waals surface area contributed by atoms with Crippen LogP contribution in [0.1, 0.15) is 26.3 Å². The molecule has 0 bridgehead atoms. The van der Waals surface area contributed by atoms with E-state index in [9.17, 15) is 0 Å². The Bertz CT molecular complexity index is 321. The van der Waals surface area contributed by atoms with Gasteiger partial charge in [-0.2, -0.15) is 0 Å². The second-order valence-corrected chi connectivity index (χ2v) is 6.87. The van der Waals surface area contributed by atoms with Crippen LogP contribution in [0, 0.1) is 0 Å². The van der Waals surface area contributed by atoms with E-state index in [2.05, 4.69) is 44.3 Å². The molecule has 0 unspecified atom stereocenters. The monoisotopic (exact) mass is 275 g/mol. The molecule has 1 aromatic carbocycles. The minimum Gasteiger partial charge on any atom is -0.497 e. The van der Waals surface area contributed by atoms with Crippen molar-refractivity contribution < 1.29 is 4.74 Å². The molecule has 0 saturated heterocycles. The van der Waals surface area contributed by atoms with Crippen molar-refractivity contribution >= 4 is 24.4 Å². The molecule has 0 aliphatic heterocycles. The Kier molecular flexibility index (Phi) is 6.98. The first-order valence-corrected chi connectivity index (χ1v) is 6.21. The van der Waals surface area contributed by atoms with Gasteiger partial charge >= 0.3 is 0 Å². The lowest BCUT2D eigenvalue weighted by atomic mass is 10.2. The van der Waals surface area contributed by atoms with E-state index >= 15 is 0 Å². The maximum atomic E-state index is 5.14. The number of hydrogen-bond donors (Lipinski definition) is 0. The van der Waals surface area contributed by atoms with Gasteiger partial charge < -0.3 is 4.74 Å². The standard InChI is InChI=1S/C13H21NOS.ClH/c1-13(2,3)16-14(4)10-11-6-8-12(15-5)9-7-11;/h6-9H,10H2,1-5H3;1H. The van der Waals surface area contributed by atoms with Crippen molar-refractivity contribution in [2.45, 2.75) is 32.1 Å². The second-order valence-electron chi connectivity index (χ2n) is 4.84. The zero-order chi connectivity index (χ0) is 12.2. The highest BCUT2D eigenvalue weighted by Crippen LogP contribution is 2.27. The molecular weight excluding hydrogens is 254 g/mol. The molecule has 17 heavy (non-hydrogen) atoms. The minimum absolute atomic E-state index is 0. The van der Waals surface area contributed by atoms with Crippen LogP contribution in [-0.2, 0) is 6.54 Å². The smallest absolute Gasteiger partial charge is 0.118 e. The summed E-state index contributed by atoms with van der Waals surface area (Å²) in [6.07, 6.45) is 0. The van der Waals surface area contributed by atoms with E-state index < -0.39 is 0 Å². The lowest BCUT2D eigenvalue weighted by Gasteiger charge is -2.25. The normalized spacial score (nSPS) is 11.2. The molecule has 0 N–H and O–H groups in total. The molecule has 0 heterocycles. The average Bonchev–Trinajstić information content (AvgIpc) is 2.16. The Morgan fingerprint density at radius 2 is 1.71 bits per heavy atom. The number of ether oxygens (including phenoxy) is 1.